The largest absolute Gasteiger partial charge is 0.481 e. The summed E-state index contributed by atoms with van der Waals surface area (Å²) in [5.41, 5.74) is -0.00781. The van der Waals surface area contributed by atoms with Gasteiger partial charge in [-0.2, -0.15) is 4.98 Å². The van der Waals surface area contributed by atoms with Gasteiger partial charge in [-0.05, 0) is 32.9 Å². The Morgan fingerprint density at radius 3 is 2.70 bits per heavy atom. The number of nitrogens with zero attached hydrogens (tertiary/aromatic N) is 3. The number of ether oxygens (including phenoxy) is 2. The summed E-state index contributed by atoms with van der Waals surface area (Å²) in [5, 5.41) is 0. The first-order valence-corrected chi connectivity index (χ1v) is 6.19. The summed E-state index contributed by atoms with van der Waals surface area (Å²) in [4.78, 5) is 20.5. The standard InChI is InChI=1S/C14H17N3O3/c1-14(2,3)20-13(18)17-9-5-6-10(17)12-15-8-7-11(16-12)19-4/h5-9H,1-4H3. The Kier molecular flexibility index (Phi) is 3.74. The van der Waals surface area contributed by atoms with Gasteiger partial charge in [-0.3, -0.25) is 0 Å². The molecule has 6 heteroatoms. The minimum atomic E-state index is -0.562. The second kappa shape index (κ2) is 5.32. The molecule has 6 nitrogen and oxygen atoms in total. The van der Waals surface area contributed by atoms with Crippen LogP contribution in [0.25, 0.3) is 11.5 Å². The van der Waals surface area contributed by atoms with Crippen LogP contribution in [0, 0.1) is 0 Å². The highest BCUT2D eigenvalue weighted by Gasteiger charge is 2.20. The van der Waals surface area contributed by atoms with Crippen molar-refractivity contribution >= 4 is 6.09 Å². The van der Waals surface area contributed by atoms with Crippen LogP contribution in [0.3, 0.4) is 0 Å². The van der Waals surface area contributed by atoms with Gasteiger partial charge < -0.3 is 9.47 Å². The first-order valence-electron chi connectivity index (χ1n) is 6.19. The van der Waals surface area contributed by atoms with Crippen molar-refractivity contribution in [1.29, 1.82) is 0 Å². The van der Waals surface area contributed by atoms with Gasteiger partial charge in [0.05, 0.1) is 12.8 Å². The molecule has 106 valence electrons. The maximum Gasteiger partial charge on any atom is 0.419 e. The van der Waals surface area contributed by atoms with Crippen LogP contribution in [0.4, 0.5) is 4.79 Å². The third-order valence-corrected chi connectivity index (χ3v) is 2.41. The minimum Gasteiger partial charge on any atom is -0.481 e. The molecule has 0 atom stereocenters. The molecule has 0 aliphatic rings. The SMILES string of the molecule is COc1ccnc(-c2cccn2C(=O)OC(C)(C)C)n1. The van der Waals surface area contributed by atoms with E-state index in [-0.39, 0.29) is 0 Å². The molecule has 0 fully saturated rings. The topological polar surface area (TPSA) is 66.2 Å². The fraction of sp³-hybridized carbons (Fsp3) is 0.357. The normalized spacial score (nSPS) is 11.2. The van der Waals surface area contributed by atoms with E-state index in [4.69, 9.17) is 9.47 Å². The van der Waals surface area contributed by atoms with Gasteiger partial charge in [-0.25, -0.2) is 14.3 Å². The molecule has 20 heavy (non-hydrogen) atoms. The van der Waals surface area contributed by atoms with E-state index < -0.39 is 11.7 Å². The van der Waals surface area contributed by atoms with Crippen LogP contribution in [0.2, 0.25) is 0 Å². The average molecular weight is 275 g/mol. The monoisotopic (exact) mass is 275 g/mol. The quantitative estimate of drug-likeness (QED) is 0.843. The molecule has 2 rings (SSSR count). The van der Waals surface area contributed by atoms with E-state index in [0.29, 0.717) is 17.4 Å². The van der Waals surface area contributed by atoms with Crippen molar-refractivity contribution in [2.75, 3.05) is 7.11 Å². The molecular formula is C14H17N3O3. The number of hydrogen-bond acceptors (Lipinski definition) is 5. The Labute approximate surface area is 117 Å². The number of rotatable bonds is 2. The van der Waals surface area contributed by atoms with Crippen LogP contribution in [-0.4, -0.2) is 33.3 Å². The molecule has 2 aromatic heterocycles. The maximum atomic E-state index is 12.1. The van der Waals surface area contributed by atoms with Crippen molar-refractivity contribution in [3.8, 4) is 17.4 Å². The zero-order valence-corrected chi connectivity index (χ0v) is 12.0. The van der Waals surface area contributed by atoms with Crippen LogP contribution in [0.15, 0.2) is 30.6 Å². The highest BCUT2D eigenvalue weighted by atomic mass is 16.6. The molecule has 0 unspecified atom stereocenters. The molecule has 0 N–H and O–H groups in total. The van der Waals surface area contributed by atoms with Crippen LogP contribution in [0.5, 0.6) is 5.88 Å². The molecule has 0 aliphatic heterocycles. The van der Waals surface area contributed by atoms with E-state index in [2.05, 4.69) is 9.97 Å². The second-order valence-electron chi connectivity index (χ2n) is 5.17. The molecule has 0 radical (unpaired) electrons. The van der Waals surface area contributed by atoms with Crippen molar-refractivity contribution in [1.82, 2.24) is 14.5 Å². The maximum absolute atomic E-state index is 12.1. The number of aromatic nitrogens is 3. The van der Waals surface area contributed by atoms with Gasteiger partial charge in [0.15, 0.2) is 5.82 Å². The van der Waals surface area contributed by atoms with Crippen LogP contribution in [-0.2, 0) is 4.74 Å². The molecule has 0 saturated heterocycles. The van der Waals surface area contributed by atoms with Crippen LogP contribution < -0.4 is 4.74 Å². The first-order chi connectivity index (χ1) is 9.40. The summed E-state index contributed by atoms with van der Waals surface area (Å²) >= 11 is 0. The molecule has 0 bridgehead atoms. The fourth-order valence-electron chi connectivity index (χ4n) is 1.61. The van der Waals surface area contributed by atoms with E-state index >= 15 is 0 Å². The van der Waals surface area contributed by atoms with Gasteiger partial charge in [0.1, 0.15) is 5.60 Å². The zero-order chi connectivity index (χ0) is 14.8. The third kappa shape index (κ3) is 3.14. The van der Waals surface area contributed by atoms with Crippen molar-refractivity contribution in [3.63, 3.8) is 0 Å². The van der Waals surface area contributed by atoms with Crippen molar-refractivity contribution < 1.29 is 14.3 Å². The molecule has 0 spiro atoms. The molecule has 0 aliphatic carbocycles. The second-order valence-corrected chi connectivity index (χ2v) is 5.17. The summed E-state index contributed by atoms with van der Waals surface area (Å²) in [5.74, 6) is 0.840. The van der Waals surface area contributed by atoms with E-state index in [1.807, 2.05) is 20.8 Å². The molecular weight excluding hydrogens is 258 g/mol. The Morgan fingerprint density at radius 1 is 1.30 bits per heavy atom. The predicted octanol–water partition coefficient (Wildman–Crippen LogP) is 2.74. The van der Waals surface area contributed by atoms with Gasteiger partial charge in [0.25, 0.3) is 0 Å². The minimum absolute atomic E-state index is 0.403. The van der Waals surface area contributed by atoms with Gasteiger partial charge in [-0.15, -0.1) is 0 Å². The summed E-state index contributed by atoms with van der Waals surface area (Å²) in [6.45, 7) is 5.45. The van der Waals surface area contributed by atoms with Crippen LogP contribution in [0.1, 0.15) is 20.8 Å². The van der Waals surface area contributed by atoms with Crippen LogP contribution >= 0.6 is 0 Å². The fourth-order valence-corrected chi connectivity index (χ4v) is 1.61. The zero-order valence-electron chi connectivity index (χ0n) is 12.0. The number of carbonyl (C=O) groups is 1. The number of carbonyl (C=O) groups excluding carboxylic acids is 1. The summed E-state index contributed by atoms with van der Waals surface area (Å²) in [6.07, 6.45) is 2.73. The third-order valence-electron chi connectivity index (χ3n) is 2.41. The number of methoxy groups -OCH3 is 1. The summed E-state index contributed by atoms with van der Waals surface area (Å²) in [6, 6.07) is 5.13. The highest BCUT2D eigenvalue weighted by Crippen LogP contribution is 2.19. The lowest BCUT2D eigenvalue weighted by Crippen LogP contribution is -2.27. The smallest absolute Gasteiger partial charge is 0.419 e. The van der Waals surface area contributed by atoms with E-state index in [1.165, 1.54) is 11.7 Å². The van der Waals surface area contributed by atoms with E-state index in [0.717, 1.165) is 0 Å². The lowest BCUT2D eigenvalue weighted by molar-refractivity contribution is 0.0540. The first kappa shape index (κ1) is 14.0. The molecule has 0 amide bonds. The lowest BCUT2D eigenvalue weighted by Gasteiger charge is -2.20. The average Bonchev–Trinajstić information content (AvgIpc) is 2.86. The summed E-state index contributed by atoms with van der Waals surface area (Å²) < 4.78 is 11.8. The molecule has 0 aromatic carbocycles. The molecule has 0 saturated carbocycles. The van der Waals surface area contributed by atoms with Crippen molar-refractivity contribution in [2.45, 2.75) is 26.4 Å². The Balaban J connectivity index is 2.35. The number of hydrogen-bond donors (Lipinski definition) is 0. The van der Waals surface area contributed by atoms with Gasteiger partial charge in [0.2, 0.25) is 5.88 Å². The summed E-state index contributed by atoms with van der Waals surface area (Å²) in [7, 11) is 1.53. The van der Waals surface area contributed by atoms with Crippen molar-refractivity contribution in [3.05, 3.63) is 30.6 Å². The lowest BCUT2D eigenvalue weighted by atomic mass is 10.2. The van der Waals surface area contributed by atoms with E-state index in [1.54, 1.807) is 30.6 Å². The van der Waals surface area contributed by atoms with Crippen molar-refractivity contribution in [2.24, 2.45) is 0 Å². The Morgan fingerprint density at radius 2 is 2.05 bits per heavy atom. The highest BCUT2D eigenvalue weighted by molar-refractivity contribution is 5.77. The van der Waals surface area contributed by atoms with Gasteiger partial charge in [0, 0.05) is 18.5 Å². The predicted molar refractivity (Wildman–Crippen MR) is 73.6 cm³/mol. The van der Waals surface area contributed by atoms with Gasteiger partial charge >= 0.3 is 6.09 Å². The molecule has 2 aromatic rings. The van der Waals surface area contributed by atoms with E-state index in [9.17, 15) is 4.79 Å². The Bertz CT molecular complexity index is 614. The Hall–Kier alpha value is -2.37. The molecule has 2 heterocycles. The van der Waals surface area contributed by atoms with Gasteiger partial charge in [-0.1, -0.05) is 0 Å².